The maximum absolute atomic E-state index is 12.8. The van der Waals surface area contributed by atoms with Crippen LogP contribution in [0.2, 0.25) is 0 Å². The molecule has 0 aliphatic rings. The van der Waals surface area contributed by atoms with Gasteiger partial charge in [0.25, 0.3) is 15.7 Å². The van der Waals surface area contributed by atoms with Gasteiger partial charge in [0.1, 0.15) is 5.82 Å². The van der Waals surface area contributed by atoms with Gasteiger partial charge in [-0.2, -0.15) is 13.5 Å². The normalized spacial score (nSPS) is 11.4. The van der Waals surface area contributed by atoms with E-state index in [2.05, 4.69) is 5.10 Å². The molecule has 13 heteroatoms. The molecule has 0 saturated carbocycles. The molecule has 11 nitrogen and oxygen atoms in total. The molecular weight excluding hydrogens is 375 g/mol. The second-order valence-electron chi connectivity index (χ2n) is 4.72. The van der Waals surface area contributed by atoms with Crippen LogP contribution in [0.15, 0.2) is 46.4 Å². The number of rotatable bonds is 6. The van der Waals surface area contributed by atoms with Crippen LogP contribution in [-0.4, -0.2) is 29.6 Å². The number of phenols is 1. The number of hydrazone groups is 1. The van der Waals surface area contributed by atoms with Crippen LogP contribution in [0.25, 0.3) is 0 Å². The third kappa shape index (κ3) is 4.07. The van der Waals surface area contributed by atoms with E-state index in [9.17, 15) is 38.1 Å². The summed E-state index contributed by atoms with van der Waals surface area (Å²) in [7, 11) is -4.18. The highest BCUT2D eigenvalue weighted by Crippen LogP contribution is 2.33. The molecule has 2 aromatic carbocycles. The van der Waals surface area contributed by atoms with Gasteiger partial charge in [0, 0.05) is 6.07 Å². The number of hydrogen-bond donors (Lipinski definition) is 2. The molecule has 0 aliphatic carbocycles. The summed E-state index contributed by atoms with van der Waals surface area (Å²) in [5.41, 5.74) is -2.09. The van der Waals surface area contributed by atoms with E-state index in [0.717, 1.165) is 30.3 Å². The molecule has 0 aliphatic heterocycles. The zero-order valence-electron chi connectivity index (χ0n) is 12.6. The minimum atomic E-state index is -4.18. The Balaban J connectivity index is 2.34. The molecule has 2 aromatic rings. The van der Waals surface area contributed by atoms with Crippen molar-refractivity contribution in [3.05, 3.63) is 68.0 Å². The summed E-state index contributed by atoms with van der Waals surface area (Å²) in [6, 6.07) is 5.10. The Morgan fingerprint density at radius 1 is 1.12 bits per heavy atom. The summed E-state index contributed by atoms with van der Waals surface area (Å²) in [4.78, 5) is 21.1. The maximum atomic E-state index is 12.8. The van der Waals surface area contributed by atoms with Crippen molar-refractivity contribution in [2.24, 2.45) is 5.10 Å². The van der Waals surface area contributed by atoms with Crippen LogP contribution in [0.5, 0.6) is 5.75 Å². The number of sulfonamides is 1. The van der Waals surface area contributed by atoms with Crippen LogP contribution in [0, 0.1) is 26.0 Å². The molecule has 0 radical (unpaired) electrons. The number of aromatic hydroxyl groups is 1. The van der Waals surface area contributed by atoms with Crippen molar-refractivity contribution >= 4 is 27.6 Å². The molecule has 0 aromatic heterocycles. The van der Waals surface area contributed by atoms with E-state index in [4.69, 9.17) is 0 Å². The molecule has 2 N–H and O–H groups in total. The first-order valence-corrected chi connectivity index (χ1v) is 8.06. The van der Waals surface area contributed by atoms with Gasteiger partial charge in [0.05, 0.1) is 32.6 Å². The van der Waals surface area contributed by atoms with E-state index >= 15 is 0 Å². The predicted octanol–water partition coefficient (Wildman–Crippen LogP) is 1.66. The Morgan fingerprint density at radius 2 is 1.73 bits per heavy atom. The molecule has 2 rings (SSSR count). The van der Waals surface area contributed by atoms with Gasteiger partial charge in [-0.05, 0) is 24.3 Å². The third-order valence-corrected chi connectivity index (χ3v) is 4.25. The zero-order chi connectivity index (χ0) is 19.5. The van der Waals surface area contributed by atoms with Crippen molar-refractivity contribution in [1.29, 1.82) is 0 Å². The van der Waals surface area contributed by atoms with Crippen LogP contribution in [0.1, 0.15) is 5.56 Å². The van der Waals surface area contributed by atoms with Gasteiger partial charge in [-0.3, -0.25) is 20.2 Å². The van der Waals surface area contributed by atoms with E-state index < -0.39 is 48.4 Å². The quantitative estimate of drug-likeness (QED) is 0.434. The maximum Gasteiger partial charge on any atom is 0.318 e. The second kappa shape index (κ2) is 7.10. The number of hydrogen-bond acceptors (Lipinski definition) is 8. The van der Waals surface area contributed by atoms with Crippen molar-refractivity contribution in [1.82, 2.24) is 4.83 Å². The summed E-state index contributed by atoms with van der Waals surface area (Å²) in [5, 5.41) is 34.7. The van der Waals surface area contributed by atoms with Gasteiger partial charge in [-0.1, -0.05) is 0 Å². The van der Waals surface area contributed by atoms with Gasteiger partial charge in [-0.25, -0.2) is 9.22 Å². The lowest BCUT2D eigenvalue weighted by Crippen LogP contribution is -2.18. The number of nitro groups is 2. The molecule has 0 heterocycles. The molecule has 0 unspecified atom stereocenters. The van der Waals surface area contributed by atoms with E-state index in [1.165, 1.54) is 0 Å². The fourth-order valence-electron chi connectivity index (χ4n) is 1.80. The summed E-state index contributed by atoms with van der Waals surface area (Å²) in [5.74, 6) is -1.58. The number of nitrogens with zero attached hydrogens (tertiary/aromatic N) is 3. The summed E-state index contributed by atoms with van der Waals surface area (Å²) in [6.45, 7) is 0. The Morgan fingerprint density at radius 3 is 2.27 bits per heavy atom. The van der Waals surface area contributed by atoms with Crippen molar-refractivity contribution in [3.63, 3.8) is 0 Å². The number of nitrogens with one attached hydrogen (secondary N) is 1. The average molecular weight is 384 g/mol. The average Bonchev–Trinajstić information content (AvgIpc) is 2.56. The summed E-state index contributed by atoms with van der Waals surface area (Å²) in [6.07, 6.45) is 0.663. The molecule has 0 fully saturated rings. The Hall–Kier alpha value is -3.61. The standard InChI is InChI=1S/C13H9FN4O7S/c14-9-1-3-11(4-2-9)26(24,25)16-15-7-8-5-10(17(20)21)6-12(13(8)19)18(22)23/h1-7,16,19H/b15-7+. The number of phenolic OH excluding ortho intramolecular Hbond substituents is 1. The Kier molecular flexibility index (Phi) is 5.11. The van der Waals surface area contributed by atoms with E-state index in [1.54, 1.807) is 4.83 Å². The van der Waals surface area contributed by atoms with Crippen molar-refractivity contribution < 1.29 is 27.8 Å². The van der Waals surface area contributed by atoms with Gasteiger partial charge in [0.2, 0.25) is 5.75 Å². The number of benzene rings is 2. The highest BCUT2D eigenvalue weighted by molar-refractivity contribution is 7.89. The Labute approximate surface area is 144 Å². The minimum Gasteiger partial charge on any atom is -0.502 e. The van der Waals surface area contributed by atoms with E-state index in [-0.39, 0.29) is 4.90 Å². The molecule has 0 atom stereocenters. The minimum absolute atomic E-state index is 0.315. The van der Waals surface area contributed by atoms with Crippen LogP contribution in [-0.2, 0) is 10.0 Å². The van der Waals surface area contributed by atoms with Crippen LogP contribution < -0.4 is 4.83 Å². The highest BCUT2D eigenvalue weighted by atomic mass is 32.2. The first-order valence-electron chi connectivity index (χ1n) is 6.58. The first kappa shape index (κ1) is 18.7. The smallest absolute Gasteiger partial charge is 0.318 e. The largest absolute Gasteiger partial charge is 0.502 e. The lowest BCUT2D eigenvalue weighted by molar-refractivity contribution is -0.394. The highest BCUT2D eigenvalue weighted by Gasteiger charge is 2.23. The lowest BCUT2D eigenvalue weighted by atomic mass is 10.1. The number of non-ortho nitro benzene ring substituents is 1. The fraction of sp³-hybridized carbons (Fsp3) is 0. The second-order valence-corrected chi connectivity index (χ2v) is 6.38. The molecule has 136 valence electrons. The summed E-state index contributed by atoms with van der Waals surface area (Å²) < 4.78 is 36.7. The van der Waals surface area contributed by atoms with Crippen LogP contribution >= 0.6 is 0 Å². The monoisotopic (exact) mass is 384 g/mol. The molecule has 26 heavy (non-hydrogen) atoms. The molecule has 0 amide bonds. The van der Waals surface area contributed by atoms with Gasteiger partial charge in [-0.15, -0.1) is 0 Å². The van der Waals surface area contributed by atoms with Gasteiger partial charge < -0.3 is 5.11 Å². The van der Waals surface area contributed by atoms with Crippen molar-refractivity contribution in [2.75, 3.05) is 0 Å². The van der Waals surface area contributed by atoms with Crippen molar-refractivity contribution in [3.8, 4) is 5.75 Å². The molecule has 0 spiro atoms. The van der Waals surface area contributed by atoms with Gasteiger partial charge >= 0.3 is 5.69 Å². The predicted molar refractivity (Wildman–Crippen MR) is 85.7 cm³/mol. The molecule has 0 saturated heterocycles. The topological polar surface area (TPSA) is 165 Å². The zero-order valence-corrected chi connectivity index (χ0v) is 13.4. The number of nitro benzene ring substituents is 2. The number of halogens is 1. The van der Waals surface area contributed by atoms with Crippen LogP contribution in [0.4, 0.5) is 15.8 Å². The molecule has 0 bridgehead atoms. The van der Waals surface area contributed by atoms with E-state index in [0.29, 0.717) is 12.3 Å². The molecular formula is C13H9FN4O7S. The lowest BCUT2D eigenvalue weighted by Gasteiger charge is -2.04. The Bertz CT molecular complexity index is 1010. The van der Waals surface area contributed by atoms with E-state index in [1.807, 2.05) is 0 Å². The van der Waals surface area contributed by atoms with Crippen molar-refractivity contribution in [2.45, 2.75) is 4.90 Å². The van der Waals surface area contributed by atoms with Crippen LogP contribution in [0.3, 0.4) is 0 Å². The summed E-state index contributed by atoms with van der Waals surface area (Å²) >= 11 is 0. The SMILES string of the molecule is O=[N+]([O-])c1cc(/C=N/NS(=O)(=O)c2ccc(F)cc2)c(O)c([N+](=O)[O-])c1. The van der Waals surface area contributed by atoms with Gasteiger partial charge in [0.15, 0.2) is 0 Å². The third-order valence-electron chi connectivity index (χ3n) is 3.01. The first-order chi connectivity index (χ1) is 12.1. The fourth-order valence-corrected chi connectivity index (χ4v) is 2.59.